The third-order valence-electron chi connectivity index (χ3n) is 5.30. The first kappa shape index (κ1) is 18.1. The number of rotatable bonds is 4. The number of aromatic nitrogens is 4. The fraction of sp³-hybridized carbons (Fsp3) is 0.0769. The van der Waals surface area contributed by atoms with Gasteiger partial charge in [-0.05, 0) is 13.8 Å². The summed E-state index contributed by atoms with van der Waals surface area (Å²) in [6.07, 6.45) is 0. The number of hydrogen-bond donors (Lipinski definition) is 2. The molecule has 0 saturated heterocycles. The molecule has 0 aliphatic carbocycles. The SMILES string of the molecule is Cc1[nH]c(-c2ccccc2)nc1-c1ccc(-c2nc(-c3ccccc3)[nH]c2C)cc1. The lowest BCUT2D eigenvalue weighted by Gasteiger charge is -2.02. The van der Waals surface area contributed by atoms with Crippen LogP contribution in [0, 0.1) is 13.8 Å². The predicted octanol–water partition coefficient (Wildman–Crippen LogP) is 6.42. The van der Waals surface area contributed by atoms with Crippen molar-refractivity contribution in [2.45, 2.75) is 13.8 Å². The van der Waals surface area contributed by atoms with Gasteiger partial charge >= 0.3 is 0 Å². The van der Waals surface area contributed by atoms with E-state index < -0.39 is 0 Å². The maximum Gasteiger partial charge on any atom is 0.138 e. The highest BCUT2D eigenvalue weighted by atomic mass is 14.9. The van der Waals surface area contributed by atoms with Gasteiger partial charge in [0.05, 0.1) is 11.4 Å². The Kier molecular flexibility index (Phi) is 4.52. The standard InChI is InChI=1S/C26H22N4/c1-17-23(29-25(27-17)21-9-5-3-6-10-21)19-13-15-20(16-14-19)24-18(2)28-26(30-24)22-11-7-4-8-12-22/h3-16H,1-2H3,(H,27,29)(H,28,30). The average Bonchev–Trinajstić information content (AvgIpc) is 3.38. The van der Waals surface area contributed by atoms with Crippen molar-refractivity contribution in [2.75, 3.05) is 0 Å². The largest absolute Gasteiger partial charge is 0.342 e. The molecular weight excluding hydrogens is 368 g/mol. The molecule has 3 aromatic carbocycles. The van der Waals surface area contributed by atoms with Crippen LogP contribution in [0.1, 0.15) is 11.4 Å². The first-order valence-electron chi connectivity index (χ1n) is 10.0. The number of nitrogens with one attached hydrogen (secondary N) is 2. The van der Waals surface area contributed by atoms with Crippen LogP contribution < -0.4 is 0 Å². The van der Waals surface area contributed by atoms with Crippen LogP contribution in [-0.2, 0) is 0 Å². The van der Waals surface area contributed by atoms with Crippen LogP contribution in [0.15, 0.2) is 84.9 Å². The summed E-state index contributed by atoms with van der Waals surface area (Å²) >= 11 is 0. The molecule has 0 bridgehead atoms. The van der Waals surface area contributed by atoms with Crippen LogP contribution in [0.2, 0.25) is 0 Å². The number of H-pyrrole nitrogens is 2. The van der Waals surface area contributed by atoms with Gasteiger partial charge in [0.15, 0.2) is 0 Å². The van der Waals surface area contributed by atoms with E-state index in [0.29, 0.717) is 0 Å². The minimum absolute atomic E-state index is 0.892. The number of aryl methyl sites for hydroxylation is 2. The summed E-state index contributed by atoms with van der Waals surface area (Å²) in [5.74, 6) is 1.78. The predicted molar refractivity (Wildman–Crippen MR) is 122 cm³/mol. The molecule has 0 saturated carbocycles. The molecule has 30 heavy (non-hydrogen) atoms. The van der Waals surface area contributed by atoms with E-state index in [-0.39, 0.29) is 0 Å². The zero-order valence-electron chi connectivity index (χ0n) is 17.0. The Bertz CT molecular complexity index is 1180. The van der Waals surface area contributed by atoms with Crippen LogP contribution >= 0.6 is 0 Å². The molecule has 0 aliphatic heterocycles. The third kappa shape index (κ3) is 3.33. The second-order valence-corrected chi connectivity index (χ2v) is 7.43. The molecule has 5 aromatic rings. The number of nitrogens with zero attached hydrogens (tertiary/aromatic N) is 2. The van der Waals surface area contributed by atoms with Gasteiger partial charge in [-0.3, -0.25) is 0 Å². The highest BCUT2D eigenvalue weighted by Gasteiger charge is 2.13. The molecule has 0 aliphatic rings. The van der Waals surface area contributed by atoms with Crippen LogP contribution in [0.4, 0.5) is 0 Å². The van der Waals surface area contributed by atoms with Crippen LogP contribution in [0.5, 0.6) is 0 Å². The minimum atomic E-state index is 0.892. The van der Waals surface area contributed by atoms with E-state index in [1.165, 1.54) is 0 Å². The summed E-state index contributed by atoms with van der Waals surface area (Å²) in [6.45, 7) is 4.12. The van der Waals surface area contributed by atoms with E-state index in [1.807, 2.05) is 36.4 Å². The second-order valence-electron chi connectivity index (χ2n) is 7.43. The molecule has 2 aromatic heterocycles. The molecule has 5 rings (SSSR count). The van der Waals surface area contributed by atoms with E-state index in [4.69, 9.17) is 9.97 Å². The first-order chi connectivity index (χ1) is 14.7. The lowest BCUT2D eigenvalue weighted by Crippen LogP contribution is -1.85. The van der Waals surface area contributed by atoms with E-state index in [9.17, 15) is 0 Å². The molecule has 2 heterocycles. The van der Waals surface area contributed by atoms with Crippen molar-refractivity contribution in [3.63, 3.8) is 0 Å². The van der Waals surface area contributed by atoms with Crippen molar-refractivity contribution in [1.29, 1.82) is 0 Å². The lowest BCUT2D eigenvalue weighted by atomic mass is 10.1. The molecule has 0 unspecified atom stereocenters. The molecule has 2 N–H and O–H groups in total. The van der Waals surface area contributed by atoms with Crippen molar-refractivity contribution in [3.8, 4) is 45.3 Å². The highest BCUT2D eigenvalue weighted by Crippen LogP contribution is 2.30. The number of hydrogen-bond acceptors (Lipinski definition) is 2. The summed E-state index contributed by atoms with van der Waals surface area (Å²) in [4.78, 5) is 16.5. The number of aromatic amines is 2. The zero-order valence-corrected chi connectivity index (χ0v) is 17.0. The van der Waals surface area contributed by atoms with Crippen LogP contribution in [0.25, 0.3) is 45.3 Å². The normalized spacial score (nSPS) is 11.0. The molecule has 0 spiro atoms. The molecule has 146 valence electrons. The third-order valence-corrected chi connectivity index (χ3v) is 5.30. The molecule has 4 heteroatoms. The van der Waals surface area contributed by atoms with E-state index in [2.05, 4.69) is 72.3 Å². The maximum atomic E-state index is 4.84. The quantitative estimate of drug-likeness (QED) is 0.372. The summed E-state index contributed by atoms with van der Waals surface area (Å²) in [5, 5.41) is 0. The van der Waals surface area contributed by atoms with Gasteiger partial charge in [0.1, 0.15) is 11.6 Å². The molecular formula is C26H22N4. The van der Waals surface area contributed by atoms with Crippen molar-refractivity contribution >= 4 is 0 Å². The van der Waals surface area contributed by atoms with Gasteiger partial charge in [0.2, 0.25) is 0 Å². The fourth-order valence-electron chi connectivity index (χ4n) is 3.73. The van der Waals surface area contributed by atoms with E-state index in [0.717, 1.165) is 56.7 Å². The van der Waals surface area contributed by atoms with Gasteiger partial charge in [-0.1, -0.05) is 84.9 Å². The minimum Gasteiger partial charge on any atom is -0.342 e. The monoisotopic (exact) mass is 390 g/mol. The molecule has 0 radical (unpaired) electrons. The molecule has 0 atom stereocenters. The fourth-order valence-corrected chi connectivity index (χ4v) is 3.73. The maximum absolute atomic E-state index is 4.84. The van der Waals surface area contributed by atoms with Gasteiger partial charge in [-0.2, -0.15) is 0 Å². The number of benzene rings is 3. The van der Waals surface area contributed by atoms with E-state index >= 15 is 0 Å². The molecule has 0 amide bonds. The Morgan fingerprint density at radius 1 is 0.467 bits per heavy atom. The summed E-state index contributed by atoms with van der Waals surface area (Å²) in [6, 6.07) is 28.8. The Hall–Kier alpha value is -3.92. The van der Waals surface area contributed by atoms with Crippen LogP contribution in [0.3, 0.4) is 0 Å². The van der Waals surface area contributed by atoms with Gasteiger partial charge < -0.3 is 9.97 Å². The average molecular weight is 390 g/mol. The summed E-state index contributed by atoms with van der Waals surface area (Å²) in [5.41, 5.74) is 8.42. The lowest BCUT2D eigenvalue weighted by molar-refractivity contribution is 1.25. The zero-order chi connectivity index (χ0) is 20.5. The smallest absolute Gasteiger partial charge is 0.138 e. The first-order valence-corrected chi connectivity index (χ1v) is 10.0. The van der Waals surface area contributed by atoms with Crippen molar-refractivity contribution < 1.29 is 0 Å². The Balaban J connectivity index is 1.46. The Labute approximate surface area is 175 Å². The Morgan fingerprint density at radius 2 is 0.833 bits per heavy atom. The van der Waals surface area contributed by atoms with Crippen molar-refractivity contribution in [2.24, 2.45) is 0 Å². The molecule has 4 nitrogen and oxygen atoms in total. The summed E-state index contributed by atoms with van der Waals surface area (Å²) in [7, 11) is 0. The number of imidazole rings is 2. The van der Waals surface area contributed by atoms with E-state index in [1.54, 1.807) is 0 Å². The van der Waals surface area contributed by atoms with Crippen molar-refractivity contribution in [3.05, 3.63) is 96.3 Å². The van der Waals surface area contributed by atoms with Crippen molar-refractivity contribution in [1.82, 2.24) is 19.9 Å². The van der Waals surface area contributed by atoms with Gasteiger partial charge in [-0.15, -0.1) is 0 Å². The molecule has 0 fully saturated rings. The van der Waals surface area contributed by atoms with Gasteiger partial charge in [0.25, 0.3) is 0 Å². The highest BCUT2D eigenvalue weighted by molar-refractivity contribution is 5.72. The van der Waals surface area contributed by atoms with Gasteiger partial charge in [-0.25, -0.2) is 9.97 Å². The summed E-state index contributed by atoms with van der Waals surface area (Å²) < 4.78 is 0. The topological polar surface area (TPSA) is 57.4 Å². The van der Waals surface area contributed by atoms with Crippen LogP contribution in [-0.4, -0.2) is 19.9 Å². The second kappa shape index (κ2) is 7.48. The van der Waals surface area contributed by atoms with Gasteiger partial charge in [0, 0.05) is 33.6 Å². The Morgan fingerprint density at radius 3 is 1.20 bits per heavy atom.